The van der Waals surface area contributed by atoms with Crippen molar-refractivity contribution >= 4 is 44.3 Å². The number of hydrogen-bond acceptors (Lipinski definition) is 5. The summed E-state index contributed by atoms with van der Waals surface area (Å²) in [4.78, 5) is 19.8. The van der Waals surface area contributed by atoms with Gasteiger partial charge in [-0.05, 0) is 68.3 Å². The van der Waals surface area contributed by atoms with Crippen LogP contribution in [0.3, 0.4) is 0 Å². The van der Waals surface area contributed by atoms with Gasteiger partial charge in [-0.3, -0.25) is 4.79 Å². The first-order valence-electron chi connectivity index (χ1n) is 12.7. The third-order valence-electron chi connectivity index (χ3n) is 6.66. The van der Waals surface area contributed by atoms with Gasteiger partial charge in [0.25, 0.3) is 15.9 Å². The van der Waals surface area contributed by atoms with Crippen molar-refractivity contribution in [2.45, 2.75) is 51.5 Å². The number of unbranched alkanes of at least 4 members (excludes halogenated alkanes) is 2. The Kier molecular flexibility index (Phi) is 8.43. The van der Waals surface area contributed by atoms with E-state index in [1.54, 1.807) is 30.3 Å². The Bertz CT molecular complexity index is 1560. The number of rotatable bonds is 10. The number of hydrogen-bond donors (Lipinski definition) is 1. The highest BCUT2D eigenvalue weighted by Crippen LogP contribution is 2.27. The number of carbonyl (C=O) groups excluding carboxylic acids is 1. The molecule has 0 unspecified atom stereocenters. The summed E-state index contributed by atoms with van der Waals surface area (Å²) >= 11 is 6.69. The number of nitrogens with one attached hydrogen (secondary N) is 1. The lowest BCUT2D eigenvalue weighted by atomic mass is 10.1. The van der Waals surface area contributed by atoms with Crippen molar-refractivity contribution in [2.24, 2.45) is 0 Å². The molecule has 0 aliphatic heterocycles. The van der Waals surface area contributed by atoms with Crippen LogP contribution in [0.2, 0.25) is 5.02 Å². The molecule has 38 heavy (non-hydrogen) atoms. The van der Waals surface area contributed by atoms with Crippen LogP contribution in [-0.2, 0) is 16.6 Å². The fourth-order valence-corrected chi connectivity index (χ4v) is 5.55. The molecule has 0 fully saturated rings. The minimum absolute atomic E-state index is 0.0347. The Labute approximate surface area is 229 Å². The van der Waals surface area contributed by atoms with Crippen molar-refractivity contribution in [2.75, 3.05) is 18.5 Å². The molecule has 1 N–H and O–H groups in total. The third kappa shape index (κ3) is 6.19. The topological polar surface area (TPSA) is 84.3 Å². The number of imidazole rings is 1. The number of aromatic nitrogens is 2. The maximum absolute atomic E-state index is 12.9. The summed E-state index contributed by atoms with van der Waals surface area (Å²) in [6.45, 7) is 7.39. The van der Waals surface area contributed by atoms with E-state index in [4.69, 9.17) is 11.6 Å². The highest BCUT2D eigenvalue weighted by molar-refractivity contribution is 7.90. The Balaban J connectivity index is 1.57. The first kappa shape index (κ1) is 27.7. The van der Waals surface area contributed by atoms with Gasteiger partial charge in [0.1, 0.15) is 5.82 Å². The van der Waals surface area contributed by atoms with Crippen molar-refractivity contribution in [1.82, 2.24) is 14.3 Å². The molecule has 7 nitrogen and oxygen atoms in total. The standard InChI is InChI=1S/C29H33ClN4O3S/c1-5-6-7-16-33(4)24-12-10-23(26(30)18-24)19-34-21(3)31-27-15-11-22(17-28(27)34)29(35)32-38(36,37)25-13-8-20(2)9-14-25/h8-15,17-18H,5-7,16,19H2,1-4H3,(H,32,35). The second kappa shape index (κ2) is 11.6. The van der Waals surface area contributed by atoms with Gasteiger partial charge in [-0.1, -0.05) is 55.1 Å². The summed E-state index contributed by atoms with van der Waals surface area (Å²) in [7, 11) is -1.93. The minimum atomic E-state index is -4.00. The summed E-state index contributed by atoms with van der Waals surface area (Å²) in [6, 6.07) is 17.4. The summed E-state index contributed by atoms with van der Waals surface area (Å²) in [5.74, 6) is 0.0630. The second-order valence-electron chi connectivity index (χ2n) is 9.60. The maximum Gasteiger partial charge on any atom is 0.265 e. The average molecular weight is 553 g/mol. The van der Waals surface area contributed by atoms with E-state index in [9.17, 15) is 13.2 Å². The van der Waals surface area contributed by atoms with Crippen LogP contribution < -0.4 is 9.62 Å². The molecular weight excluding hydrogens is 520 g/mol. The molecule has 4 aromatic rings. The predicted octanol–water partition coefficient (Wildman–Crippen LogP) is 6.10. The van der Waals surface area contributed by atoms with Gasteiger partial charge in [-0.15, -0.1) is 0 Å². The molecule has 0 saturated heterocycles. The zero-order valence-corrected chi connectivity index (χ0v) is 23.7. The zero-order chi connectivity index (χ0) is 27.4. The van der Waals surface area contributed by atoms with E-state index in [-0.39, 0.29) is 10.5 Å². The van der Waals surface area contributed by atoms with Gasteiger partial charge in [-0.25, -0.2) is 18.1 Å². The van der Waals surface area contributed by atoms with Gasteiger partial charge >= 0.3 is 0 Å². The number of carbonyl (C=O) groups is 1. The molecule has 0 spiro atoms. The SMILES string of the molecule is CCCCCN(C)c1ccc(Cn2c(C)nc3ccc(C(=O)NS(=O)(=O)c4ccc(C)cc4)cc32)c(Cl)c1. The number of anilines is 1. The number of nitrogens with zero attached hydrogens (tertiary/aromatic N) is 3. The van der Waals surface area contributed by atoms with Gasteiger partial charge in [0.2, 0.25) is 0 Å². The van der Waals surface area contributed by atoms with Crippen LogP contribution in [0.4, 0.5) is 5.69 Å². The Morgan fingerprint density at radius 3 is 2.45 bits per heavy atom. The van der Waals surface area contributed by atoms with E-state index in [0.717, 1.165) is 41.1 Å². The van der Waals surface area contributed by atoms with Crippen LogP contribution in [0.25, 0.3) is 11.0 Å². The lowest BCUT2D eigenvalue weighted by molar-refractivity contribution is 0.0981. The van der Waals surface area contributed by atoms with Crippen molar-refractivity contribution in [3.8, 4) is 0 Å². The van der Waals surface area contributed by atoms with E-state index in [0.29, 0.717) is 17.1 Å². The summed E-state index contributed by atoms with van der Waals surface area (Å²) < 4.78 is 29.6. The second-order valence-corrected chi connectivity index (χ2v) is 11.7. The van der Waals surface area contributed by atoms with E-state index >= 15 is 0 Å². The Hall–Kier alpha value is -3.36. The van der Waals surface area contributed by atoms with Crippen LogP contribution in [0, 0.1) is 13.8 Å². The van der Waals surface area contributed by atoms with E-state index in [2.05, 4.69) is 34.6 Å². The molecule has 3 aromatic carbocycles. The molecule has 9 heteroatoms. The monoisotopic (exact) mass is 552 g/mol. The van der Waals surface area contributed by atoms with Gasteiger partial charge in [0.15, 0.2) is 0 Å². The van der Waals surface area contributed by atoms with Crippen molar-refractivity contribution in [1.29, 1.82) is 0 Å². The zero-order valence-electron chi connectivity index (χ0n) is 22.2. The molecular formula is C29H33ClN4O3S. The molecule has 0 aliphatic carbocycles. The van der Waals surface area contributed by atoms with E-state index in [1.165, 1.54) is 25.0 Å². The van der Waals surface area contributed by atoms with Crippen LogP contribution in [0.1, 0.15) is 53.5 Å². The van der Waals surface area contributed by atoms with Gasteiger partial charge in [0, 0.05) is 29.9 Å². The van der Waals surface area contributed by atoms with E-state index in [1.807, 2.05) is 30.5 Å². The minimum Gasteiger partial charge on any atom is -0.375 e. The largest absolute Gasteiger partial charge is 0.375 e. The maximum atomic E-state index is 12.9. The summed E-state index contributed by atoms with van der Waals surface area (Å²) in [6.07, 6.45) is 3.51. The molecule has 0 aliphatic rings. The molecule has 200 valence electrons. The fraction of sp³-hybridized carbons (Fsp3) is 0.310. The number of aryl methyl sites for hydroxylation is 2. The molecule has 1 amide bonds. The number of halogens is 1. The highest BCUT2D eigenvalue weighted by Gasteiger charge is 2.20. The highest BCUT2D eigenvalue weighted by atomic mass is 35.5. The molecule has 0 radical (unpaired) electrons. The van der Waals surface area contributed by atoms with Crippen LogP contribution in [0.5, 0.6) is 0 Å². The lowest BCUT2D eigenvalue weighted by Crippen LogP contribution is -2.30. The molecule has 1 heterocycles. The average Bonchev–Trinajstić information content (AvgIpc) is 3.19. The summed E-state index contributed by atoms with van der Waals surface area (Å²) in [5.41, 5.74) is 4.58. The van der Waals surface area contributed by atoms with Crippen molar-refractivity contribution < 1.29 is 13.2 Å². The van der Waals surface area contributed by atoms with Gasteiger partial charge in [0.05, 0.1) is 22.5 Å². The fourth-order valence-electron chi connectivity index (χ4n) is 4.34. The number of amides is 1. The predicted molar refractivity (Wildman–Crippen MR) is 154 cm³/mol. The van der Waals surface area contributed by atoms with E-state index < -0.39 is 15.9 Å². The Morgan fingerprint density at radius 2 is 1.76 bits per heavy atom. The van der Waals surface area contributed by atoms with Gasteiger partial charge in [-0.2, -0.15) is 0 Å². The smallest absolute Gasteiger partial charge is 0.265 e. The first-order chi connectivity index (χ1) is 18.1. The molecule has 0 atom stereocenters. The number of benzene rings is 3. The van der Waals surface area contributed by atoms with Crippen LogP contribution in [0.15, 0.2) is 65.6 Å². The van der Waals surface area contributed by atoms with Gasteiger partial charge < -0.3 is 9.47 Å². The normalized spacial score (nSPS) is 11.6. The first-order valence-corrected chi connectivity index (χ1v) is 14.6. The third-order valence-corrected chi connectivity index (χ3v) is 8.36. The Morgan fingerprint density at radius 1 is 1.03 bits per heavy atom. The van der Waals surface area contributed by atoms with Crippen LogP contribution in [-0.4, -0.2) is 37.5 Å². The number of sulfonamides is 1. The summed E-state index contributed by atoms with van der Waals surface area (Å²) in [5, 5.41) is 0.657. The molecule has 0 saturated carbocycles. The van der Waals surface area contributed by atoms with Crippen molar-refractivity contribution in [3.05, 3.63) is 88.2 Å². The van der Waals surface area contributed by atoms with Crippen molar-refractivity contribution in [3.63, 3.8) is 0 Å². The molecule has 4 rings (SSSR count). The molecule has 0 bridgehead atoms. The molecule has 1 aromatic heterocycles. The lowest BCUT2D eigenvalue weighted by Gasteiger charge is -2.20. The number of fused-ring (bicyclic) bond motifs is 1. The quantitative estimate of drug-likeness (QED) is 0.240. The van der Waals surface area contributed by atoms with Crippen LogP contribution >= 0.6 is 11.6 Å².